The first-order valence-corrected chi connectivity index (χ1v) is 8.88. The SMILES string of the molecule is COc1cccc2cc(C(=O)NCc3cncc(-c4ccnn4C)c3)c(=O)oc12. The van der Waals surface area contributed by atoms with Gasteiger partial charge in [0.2, 0.25) is 0 Å². The molecule has 0 aliphatic heterocycles. The molecule has 0 saturated carbocycles. The molecular weight excluding hydrogens is 372 g/mol. The maximum absolute atomic E-state index is 12.6. The second-order valence-corrected chi connectivity index (χ2v) is 6.43. The van der Waals surface area contributed by atoms with Gasteiger partial charge < -0.3 is 14.5 Å². The van der Waals surface area contributed by atoms with Crippen LogP contribution in [-0.4, -0.2) is 27.8 Å². The van der Waals surface area contributed by atoms with Gasteiger partial charge in [-0.25, -0.2) is 4.79 Å². The van der Waals surface area contributed by atoms with Gasteiger partial charge in [-0.3, -0.25) is 14.5 Å². The number of para-hydroxylation sites is 1. The van der Waals surface area contributed by atoms with E-state index in [-0.39, 0.29) is 12.1 Å². The van der Waals surface area contributed by atoms with Crippen LogP contribution in [0.15, 0.2) is 64.2 Å². The van der Waals surface area contributed by atoms with Crippen LogP contribution in [0.25, 0.3) is 22.2 Å². The monoisotopic (exact) mass is 390 g/mol. The van der Waals surface area contributed by atoms with Gasteiger partial charge in [0.05, 0.1) is 12.8 Å². The van der Waals surface area contributed by atoms with Gasteiger partial charge in [-0.1, -0.05) is 12.1 Å². The number of ether oxygens (including phenoxy) is 1. The zero-order chi connectivity index (χ0) is 20.4. The molecule has 0 fully saturated rings. The Morgan fingerprint density at radius 1 is 1.24 bits per heavy atom. The third-order valence-corrected chi connectivity index (χ3v) is 4.55. The molecule has 0 saturated heterocycles. The average molecular weight is 390 g/mol. The van der Waals surface area contributed by atoms with Crippen LogP contribution in [0, 0.1) is 0 Å². The minimum atomic E-state index is -0.721. The molecule has 0 atom stereocenters. The summed E-state index contributed by atoms with van der Waals surface area (Å²) in [6.45, 7) is 0.215. The van der Waals surface area contributed by atoms with Crippen molar-refractivity contribution < 1.29 is 13.9 Å². The van der Waals surface area contributed by atoms with Crippen molar-refractivity contribution in [3.63, 3.8) is 0 Å². The van der Waals surface area contributed by atoms with Gasteiger partial charge in [-0.05, 0) is 29.8 Å². The number of benzene rings is 1. The lowest BCUT2D eigenvalue weighted by Crippen LogP contribution is -2.27. The highest BCUT2D eigenvalue weighted by Crippen LogP contribution is 2.24. The Hall–Kier alpha value is -3.94. The lowest BCUT2D eigenvalue weighted by atomic mass is 10.1. The van der Waals surface area contributed by atoms with Crippen LogP contribution >= 0.6 is 0 Å². The lowest BCUT2D eigenvalue weighted by Gasteiger charge is -2.08. The quantitative estimate of drug-likeness (QED) is 0.526. The maximum atomic E-state index is 12.6. The third kappa shape index (κ3) is 3.60. The smallest absolute Gasteiger partial charge is 0.349 e. The molecule has 4 rings (SSSR count). The van der Waals surface area contributed by atoms with Crippen molar-refractivity contribution in [2.24, 2.45) is 7.05 Å². The molecule has 1 N–H and O–H groups in total. The van der Waals surface area contributed by atoms with Gasteiger partial charge in [0.1, 0.15) is 5.56 Å². The number of carbonyl (C=O) groups excluding carboxylic acids is 1. The summed E-state index contributed by atoms with van der Waals surface area (Å²) in [5.74, 6) is -0.0842. The Bertz CT molecular complexity index is 1260. The molecule has 3 aromatic heterocycles. The van der Waals surface area contributed by atoms with Crippen molar-refractivity contribution in [3.05, 3.63) is 76.5 Å². The molecule has 146 valence electrons. The summed E-state index contributed by atoms with van der Waals surface area (Å²) in [6.07, 6.45) is 5.10. The van der Waals surface area contributed by atoms with Crippen LogP contribution in [0.3, 0.4) is 0 Å². The van der Waals surface area contributed by atoms with Gasteiger partial charge in [0.15, 0.2) is 11.3 Å². The number of nitrogens with zero attached hydrogens (tertiary/aromatic N) is 3. The Morgan fingerprint density at radius 2 is 2.10 bits per heavy atom. The van der Waals surface area contributed by atoms with E-state index in [0.717, 1.165) is 16.8 Å². The zero-order valence-corrected chi connectivity index (χ0v) is 15.9. The van der Waals surface area contributed by atoms with Crippen molar-refractivity contribution in [2.45, 2.75) is 6.54 Å². The molecule has 8 nitrogen and oxygen atoms in total. The number of carbonyl (C=O) groups is 1. The fourth-order valence-corrected chi connectivity index (χ4v) is 3.10. The van der Waals surface area contributed by atoms with E-state index >= 15 is 0 Å². The van der Waals surface area contributed by atoms with Crippen molar-refractivity contribution in [1.82, 2.24) is 20.1 Å². The van der Waals surface area contributed by atoms with Gasteiger partial charge in [0.25, 0.3) is 5.91 Å². The fraction of sp³-hybridized carbons (Fsp3) is 0.143. The highest BCUT2D eigenvalue weighted by molar-refractivity contribution is 5.97. The first kappa shape index (κ1) is 18.4. The zero-order valence-electron chi connectivity index (χ0n) is 15.9. The maximum Gasteiger partial charge on any atom is 0.349 e. The second-order valence-electron chi connectivity index (χ2n) is 6.43. The van der Waals surface area contributed by atoms with E-state index in [9.17, 15) is 9.59 Å². The highest BCUT2D eigenvalue weighted by Gasteiger charge is 2.15. The molecule has 3 heterocycles. The lowest BCUT2D eigenvalue weighted by molar-refractivity contribution is 0.0947. The van der Waals surface area contributed by atoms with Crippen LogP contribution in [0.4, 0.5) is 0 Å². The Balaban J connectivity index is 1.56. The van der Waals surface area contributed by atoms with E-state index < -0.39 is 11.5 Å². The Labute approximate surface area is 165 Å². The highest BCUT2D eigenvalue weighted by atomic mass is 16.5. The molecule has 0 aliphatic rings. The fourth-order valence-electron chi connectivity index (χ4n) is 3.10. The number of hydrogen-bond acceptors (Lipinski definition) is 6. The molecule has 29 heavy (non-hydrogen) atoms. The number of hydrogen-bond donors (Lipinski definition) is 1. The molecule has 1 amide bonds. The largest absolute Gasteiger partial charge is 0.493 e. The summed E-state index contributed by atoms with van der Waals surface area (Å²) in [5.41, 5.74) is 2.11. The number of aromatic nitrogens is 3. The molecular formula is C21H18N4O4. The van der Waals surface area contributed by atoms with Crippen LogP contribution in [-0.2, 0) is 13.6 Å². The molecule has 0 spiro atoms. The molecule has 0 unspecified atom stereocenters. The number of pyridine rings is 1. The van der Waals surface area contributed by atoms with Crippen LogP contribution < -0.4 is 15.7 Å². The molecule has 0 bridgehead atoms. The molecule has 0 radical (unpaired) electrons. The Kier molecular flexibility index (Phi) is 4.82. The van der Waals surface area contributed by atoms with E-state index in [1.165, 1.54) is 13.2 Å². The molecule has 4 aromatic rings. The number of aryl methyl sites for hydroxylation is 1. The third-order valence-electron chi connectivity index (χ3n) is 4.55. The van der Waals surface area contributed by atoms with Gasteiger partial charge in [-0.15, -0.1) is 0 Å². The average Bonchev–Trinajstić information content (AvgIpc) is 3.17. The standard InChI is InChI=1S/C21H18N4O4/c1-25-17(6-7-24-25)15-8-13(10-22-12-15)11-23-20(26)16-9-14-4-3-5-18(28-2)19(14)29-21(16)27/h3-10,12H,11H2,1-2H3,(H,23,26). The number of fused-ring (bicyclic) bond motifs is 1. The first-order valence-electron chi connectivity index (χ1n) is 8.88. The molecule has 1 aromatic carbocycles. The summed E-state index contributed by atoms with van der Waals surface area (Å²) >= 11 is 0. The van der Waals surface area contributed by atoms with Gasteiger partial charge in [-0.2, -0.15) is 5.10 Å². The predicted octanol–water partition coefficient (Wildman–Crippen LogP) is 2.53. The summed E-state index contributed by atoms with van der Waals surface area (Å²) in [4.78, 5) is 29.1. The van der Waals surface area contributed by atoms with E-state index in [2.05, 4.69) is 15.4 Å². The summed E-state index contributed by atoms with van der Waals surface area (Å²) in [7, 11) is 3.33. The van der Waals surface area contributed by atoms with E-state index in [1.807, 2.05) is 19.2 Å². The number of rotatable bonds is 5. The van der Waals surface area contributed by atoms with Crippen LogP contribution in [0.2, 0.25) is 0 Å². The van der Waals surface area contributed by atoms with Crippen LogP contribution in [0.5, 0.6) is 5.75 Å². The number of nitrogens with one attached hydrogen (secondary N) is 1. The summed E-state index contributed by atoms with van der Waals surface area (Å²) in [6, 6.07) is 10.5. The normalized spacial score (nSPS) is 10.8. The van der Waals surface area contributed by atoms with Gasteiger partial charge in [0, 0.05) is 43.1 Å². The number of methoxy groups -OCH3 is 1. The van der Waals surface area contributed by atoms with E-state index in [1.54, 1.807) is 41.5 Å². The predicted molar refractivity (Wildman–Crippen MR) is 107 cm³/mol. The van der Waals surface area contributed by atoms with Crippen molar-refractivity contribution in [3.8, 4) is 17.0 Å². The minimum Gasteiger partial charge on any atom is -0.493 e. The van der Waals surface area contributed by atoms with E-state index in [4.69, 9.17) is 9.15 Å². The van der Waals surface area contributed by atoms with Crippen molar-refractivity contribution in [2.75, 3.05) is 7.11 Å². The molecule has 8 heteroatoms. The number of amides is 1. The topological polar surface area (TPSA) is 99.2 Å². The molecule has 0 aliphatic carbocycles. The van der Waals surface area contributed by atoms with E-state index in [0.29, 0.717) is 16.7 Å². The first-order chi connectivity index (χ1) is 14.1. The minimum absolute atomic E-state index is 0.0681. The van der Waals surface area contributed by atoms with Gasteiger partial charge >= 0.3 is 5.63 Å². The summed E-state index contributed by atoms with van der Waals surface area (Å²) in [5, 5.41) is 7.50. The van der Waals surface area contributed by atoms with Crippen molar-refractivity contribution in [1.29, 1.82) is 0 Å². The Morgan fingerprint density at radius 3 is 2.86 bits per heavy atom. The second kappa shape index (κ2) is 7.59. The van der Waals surface area contributed by atoms with Crippen LogP contribution in [0.1, 0.15) is 15.9 Å². The summed E-state index contributed by atoms with van der Waals surface area (Å²) < 4.78 is 12.2. The van der Waals surface area contributed by atoms with Crippen molar-refractivity contribution >= 4 is 16.9 Å².